The monoisotopic (exact) mass is 209 g/mol. The van der Waals surface area contributed by atoms with E-state index in [1.807, 2.05) is 17.9 Å². The van der Waals surface area contributed by atoms with Crippen LogP contribution in [0.3, 0.4) is 0 Å². The van der Waals surface area contributed by atoms with E-state index in [4.69, 9.17) is 0 Å². The van der Waals surface area contributed by atoms with Crippen molar-refractivity contribution >= 4 is 0 Å². The zero-order valence-electron chi connectivity index (χ0n) is 10.5. The Kier molecular flexibility index (Phi) is 3.91. The highest BCUT2D eigenvalue weighted by molar-refractivity contribution is 4.98. The van der Waals surface area contributed by atoms with Crippen LogP contribution in [0, 0.1) is 11.3 Å². The topological polar surface area (TPSA) is 29.9 Å². The van der Waals surface area contributed by atoms with E-state index in [1.54, 1.807) is 0 Å². The number of aromatic nitrogens is 2. The molecule has 1 aromatic heterocycles. The van der Waals surface area contributed by atoms with Gasteiger partial charge in [0.1, 0.15) is 0 Å². The lowest BCUT2D eigenvalue weighted by molar-refractivity contribution is 0.237. The minimum Gasteiger partial charge on any atom is -0.311 e. The molecule has 0 unspecified atom stereocenters. The lowest BCUT2D eigenvalue weighted by Crippen LogP contribution is -2.33. The predicted molar refractivity (Wildman–Crippen MR) is 63.5 cm³/mol. The molecule has 0 saturated heterocycles. The molecule has 0 bridgehead atoms. The summed E-state index contributed by atoms with van der Waals surface area (Å²) in [6.07, 6.45) is 1.98. The first-order valence-electron chi connectivity index (χ1n) is 5.61. The second-order valence-corrected chi connectivity index (χ2v) is 5.23. The van der Waals surface area contributed by atoms with Gasteiger partial charge in [0.2, 0.25) is 0 Å². The standard InChI is InChI=1S/C12H23N3/c1-10(2)12(3,4)9-13-8-11-6-7-15(5)14-11/h6-7,10,13H,8-9H2,1-5H3. The molecule has 0 saturated carbocycles. The molecule has 0 atom stereocenters. The molecular weight excluding hydrogens is 186 g/mol. The van der Waals surface area contributed by atoms with E-state index in [0.717, 1.165) is 18.8 Å². The van der Waals surface area contributed by atoms with E-state index in [-0.39, 0.29) is 0 Å². The normalized spacial score (nSPS) is 12.4. The summed E-state index contributed by atoms with van der Waals surface area (Å²) in [7, 11) is 1.95. The minimum atomic E-state index is 0.342. The Morgan fingerprint density at radius 2 is 2.13 bits per heavy atom. The van der Waals surface area contributed by atoms with Gasteiger partial charge in [-0.3, -0.25) is 4.68 Å². The van der Waals surface area contributed by atoms with Crippen LogP contribution in [0.4, 0.5) is 0 Å². The summed E-state index contributed by atoms with van der Waals surface area (Å²) in [5, 5.41) is 7.79. The van der Waals surface area contributed by atoms with Gasteiger partial charge in [0, 0.05) is 26.3 Å². The van der Waals surface area contributed by atoms with E-state index in [9.17, 15) is 0 Å². The molecule has 0 amide bonds. The van der Waals surface area contributed by atoms with Gasteiger partial charge in [-0.15, -0.1) is 0 Å². The van der Waals surface area contributed by atoms with Crippen LogP contribution in [0.15, 0.2) is 12.3 Å². The van der Waals surface area contributed by atoms with E-state index in [0.29, 0.717) is 11.3 Å². The maximum atomic E-state index is 4.33. The third-order valence-corrected chi connectivity index (χ3v) is 3.22. The van der Waals surface area contributed by atoms with Crippen LogP contribution in [-0.2, 0) is 13.6 Å². The molecule has 1 N–H and O–H groups in total. The molecule has 0 fully saturated rings. The van der Waals surface area contributed by atoms with Gasteiger partial charge in [-0.2, -0.15) is 5.10 Å². The fourth-order valence-electron chi connectivity index (χ4n) is 1.27. The summed E-state index contributed by atoms with van der Waals surface area (Å²) in [6, 6.07) is 2.05. The smallest absolute Gasteiger partial charge is 0.0762 e. The Bertz CT molecular complexity index is 300. The first-order chi connectivity index (χ1) is 6.92. The summed E-state index contributed by atoms with van der Waals surface area (Å²) in [5.74, 6) is 0.689. The zero-order valence-corrected chi connectivity index (χ0v) is 10.5. The average Bonchev–Trinajstić information content (AvgIpc) is 2.51. The molecule has 0 radical (unpaired) electrons. The van der Waals surface area contributed by atoms with Crippen molar-refractivity contribution in [2.45, 2.75) is 34.2 Å². The molecule has 0 spiro atoms. The molecular formula is C12H23N3. The van der Waals surface area contributed by atoms with Crippen molar-refractivity contribution in [3.8, 4) is 0 Å². The summed E-state index contributed by atoms with van der Waals surface area (Å²) in [6.45, 7) is 11.0. The molecule has 0 aromatic carbocycles. The van der Waals surface area contributed by atoms with Crippen molar-refractivity contribution in [2.24, 2.45) is 18.4 Å². The summed E-state index contributed by atoms with van der Waals surface area (Å²) in [5.41, 5.74) is 1.45. The maximum absolute atomic E-state index is 4.33. The van der Waals surface area contributed by atoms with Crippen LogP contribution >= 0.6 is 0 Å². The van der Waals surface area contributed by atoms with Gasteiger partial charge in [0.05, 0.1) is 5.69 Å². The molecule has 3 nitrogen and oxygen atoms in total. The Morgan fingerprint density at radius 1 is 1.47 bits per heavy atom. The van der Waals surface area contributed by atoms with Crippen LogP contribution in [0.25, 0.3) is 0 Å². The van der Waals surface area contributed by atoms with Crippen molar-refractivity contribution in [1.29, 1.82) is 0 Å². The van der Waals surface area contributed by atoms with E-state index >= 15 is 0 Å². The van der Waals surface area contributed by atoms with Crippen molar-refractivity contribution in [1.82, 2.24) is 15.1 Å². The van der Waals surface area contributed by atoms with Crippen LogP contribution in [0.1, 0.15) is 33.4 Å². The highest BCUT2D eigenvalue weighted by atomic mass is 15.3. The number of aryl methyl sites for hydroxylation is 1. The predicted octanol–water partition coefficient (Wildman–Crippen LogP) is 2.19. The third-order valence-electron chi connectivity index (χ3n) is 3.22. The summed E-state index contributed by atoms with van der Waals surface area (Å²) < 4.78 is 1.84. The van der Waals surface area contributed by atoms with Crippen molar-refractivity contribution in [2.75, 3.05) is 6.54 Å². The Labute approximate surface area is 92.9 Å². The van der Waals surface area contributed by atoms with Crippen molar-refractivity contribution in [3.63, 3.8) is 0 Å². The van der Waals surface area contributed by atoms with Crippen LogP contribution < -0.4 is 5.32 Å². The minimum absolute atomic E-state index is 0.342. The van der Waals surface area contributed by atoms with Crippen molar-refractivity contribution < 1.29 is 0 Å². The highest BCUT2D eigenvalue weighted by Crippen LogP contribution is 2.24. The van der Waals surface area contributed by atoms with Gasteiger partial charge in [-0.25, -0.2) is 0 Å². The van der Waals surface area contributed by atoms with Crippen LogP contribution in [-0.4, -0.2) is 16.3 Å². The lowest BCUT2D eigenvalue weighted by atomic mass is 9.81. The fraction of sp³-hybridized carbons (Fsp3) is 0.750. The van der Waals surface area contributed by atoms with Gasteiger partial charge in [0.15, 0.2) is 0 Å². The largest absolute Gasteiger partial charge is 0.311 e. The average molecular weight is 209 g/mol. The third kappa shape index (κ3) is 3.67. The fourth-order valence-corrected chi connectivity index (χ4v) is 1.27. The molecule has 15 heavy (non-hydrogen) atoms. The Hall–Kier alpha value is -0.830. The molecule has 1 rings (SSSR count). The first-order valence-corrected chi connectivity index (χ1v) is 5.61. The SMILES string of the molecule is CC(C)C(C)(C)CNCc1ccn(C)n1. The molecule has 86 valence electrons. The molecule has 1 heterocycles. The second-order valence-electron chi connectivity index (χ2n) is 5.23. The summed E-state index contributed by atoms with van der Waals surface area (Å²) >= 11 is 0. The quantitative estimate of drug-likeness (QED) is 0.805. The number of nitrogens with one attached hydrogen (secondary N) is 1. The number of nitrogens with zero attached hydrogens (tertiary/aromatic N) is 2. The van der Waals surface area contributed by atoms with Gasteiger partial charge >= 0.3 is 0 Å². The van der Waals surface area contributed by atoms with Gasteiger partial charge < -0.3 is 5.32 Å². The Balaban J connectivity index is 2.33. The lowest BCUT2D eigenvalue weighted by Gasteiger charge is -2.29. The molecule has 3 heteroatoms. The van der Waals surface area contributed by atoms with Gasteiger partial charge in [0.25, 0.3) is 0 Å². The summed E-state index contributed by atoms with van der Waals surface area (Å²) in [4.78, 5) is 0. The van der Waals surface area contributed by atoms with Gasteiger partial charge in [-0.1, -0.05) is 27.7 Å². The highest BCUT2D eigenvalue weighted by Gasteiger charge is 2.21. The second kappa shape index (κ2) is 4.79. The number of rotatable bonds is 5. The van der Waals surface area contributed by atoms with Crippen LogP contribution in [0.5, 0.6) is 0 Å². The number of hydrogen-bond acceptors (Lipinski definition) is 2. The first kappa shape index (κ1) is 12.2. The zero-order chi connectivity index (χ0) is 11.5. The molecule has 0 aliphatic rings. The number of hydrogen-bond donors (Lipinski definition) is 1. The Morgan fingerprint density at radius 3 is 2.60 bits per heavy atom. The molecule has 1 aromatic rings. The van der Waals surface area contributed by atoms with Crippen LogP contribution in [0.2, 0.25) is 0 Å². The van der Waals surface area contributed by atoms with Crippen molar-refractivity contribution in [3.05, 3.63) is 18.0 Å². The van der Waals surface area contributed by atoms with Gasteiger partial charge in [-0.05, 0) is 17.4 Å². The molecule has 0 aliphatic heterocycles. The maximum Gasteiger partial charge on any atom is 0.0762 e. The van der Waals surface area contributed by atoms with E-state index in [1.165, 1.54) is 0 Å². The molecule has 0 aliphatic carbocycles. The van der Waals surface area contributed by atoms with E-state index in [2.05, 4.69) is 44.2 Å². The van der Waals surface area contributed by atoms with E-state index < -0.39 is 0 Å².